The van der Waals surface area contributed by atoms with Crippen molar-refractivity contribution >= 4 is 0 Å². The van der Waals surface area contributed by atoms with Gasteiger partial charge in [0.15, 0.2) is 5.88 Å². The summed E-state index contributed by atoms with van der Waals surface area (Å²) >= 11 is 0. The van der Waals surface area contributed by atoms with Crippen molar-refractivity contribution in [3.8, 4) is 5.88 Å². The molecule has 1 rings (SSSR count). The van der Waals surface area contributed by atoms with Gasteiger partial charge in [-0.15, -0.1) is 0 Å². The van der Waals surface area contributed by atoms with E-state index in [2.05, 4.69) is 4.98 Å². The summed E-state index contributed by atoms with van der Waals surface area (Å²) in [4.78, 5) is 13.1. The molecule has 5 heteroatoms. The fourth-order valence-electron chi connectivity index (χ4n) is 1.07. The molecular formula is C8H12N2O3. The Morgan fingerprint density at radius 3 is 2.77 bits per heavy atom. The quantitative estimate of drug-likeness (QED) is 0.507. The van der Waals surface area contributed by atoms with Gasteiger partial charge >= 0.3 is 0 Å². The zero-order valence-corrected chi connectivity index (χ0v) is 7.03. The zero-order valence-electron chi connectivity index (χ0n) is 7.03. The molecule has 0 fully saturated rings. The molecule has 0 saturated heterocycles. The third-order valence-electron chi connectivity index (χ3n) is 1.72. The van der Waals surface area contributed by atoms with Crippen molar-refractivity contribution in [3.63, 3.8) is 0 Å². The van der Waals surface area contributed by atoms with Crippen LogP contribution in [-0.4, -0.2) is 21.8 Å². The van der Waals surface area contributed by atoms with Gasteiger partial charge in [0, 0.05) is 24.8 Å². The predicted octanol–water partition coefficient (Wildman–Crippen LogP) is -0.537. The van der Waals surface area contributed by atoms with Crippen molar-refractivity contribution in [2.45, 2.75) is 12.5 Å². The SMILES string of the molecule is N[C@H](CCO)c1cc(O)[nH]c(=O)c1. The Morgan fingerprint density at radius 2 is 2.23 bits per heavy atom. The second-order valence-electron chi connectivity index (χ2n) is 2.78. The number of rotatable bonds is 3. The molecule has 0 saturated carbocycles. The minimum Gasteiger partial charge on any atom is -0.495 e. The largest absolute Gasteiger partial charge is 0.495 e. The van der Waals surface area contributed by atoms with Crippen LogP contribution in [0.3, 0.4) is 0 Å². The van der Waals surface area contributed by atoms with E-state index in [-0.39, 0.29) is 12.5 Å². The predicted molar refractivity (Wildman–Crippen MR) is 47.4 cm³/mol. The first kappa shape index (κ1) is 9.76. The second-order valence-corrected chi connectivity index (χ2v) is 2.78. The zero-order chi connectivity index (χ0) is 9.84. The van der Waals surface area contributed by atoms with Gasteiger partial charge in [0.1, 0.15) is 0 Å². The maximum absolute atomic E-state index is 10.9. The lowest BCUT2D eigenvalue weighted by atomic mass is 10.1. The molecular weight excluding hydrogens is 172 g/mol. The van der Waals surface area contributed by atoms with E-state index in [1.165, 1.54) is 12.1 Å². The Morgan fingerprint density at radius 1 is 1.54 bits per heavy atom. The van der Waals surface area contributed by atoms with Crippen LogP contribution < -0.4 is 11.3 Å². The van der Waals surface area contributed by atoms with Gasteiger partial charge in [-0.3, -0.25) is 9.78 Å². The van der Waals surface area contributed by atoms with Crippen LogP contribution in [-0.2, 0) is 0 Å². The first-order valence-corrected chi connectivity index (χ1v) is 3.93. The molecule has 13 heavy (non-hydrogen) atoms. The molecule has 1 heterocycles. The number of H-pyrrole nitrogens is 1. The van der Waals surface area contributed by atoms with E-state index in [1.54, 1.807) is 0 Å². The minimum absolute atomic E-state index is 0.0469. The van der Waals surface area contributed by atoms with Crippen molar-refractivity contribution in [3.05, 3.63) is 28.0 Å². The molecule has 0 aliphatic rings. The van der Waals surface area contributed by atoms with Gasteiger partial charge in [0.25, 0.3) is 5.56 Å². The number of aromatic hydroxyl groups is 1. The van der Waals surface area contributed by atoms with Crippen LogP contribution in [0, 0.1) is 0 Å². The van der Waals surface area contributed by atoms with E-state index in [9.17, 15) is 4.79 Å². The topological polar surface area (TPSA) is 99.3 Å². The number of pyridine rings is 1. The molecule has 1 aromatic heterocycles. The number of aromatic amines is 1. The summed E-state index contributed by atoms with van der Waals surface area (Å²) in [5, 5.41) is 17.6. The highest BCUT2D eigenvalue weighted by molar-refractivity contribution is 5.22. The minimum atomic E-state index is -0.418. The van der Waals surface area contributed by atoms with Crippen LogP contribution in [0.4, 0.5) is 0 Å². The average molecular weight is 184 g/mol. The lowest BCUT2D eigenvalue weighted by molar-refractivity contribution is 0.276. The maximum atomic E-state index is 10.9. The Bertz CT molecular complexity index is 334. The van der Waals surface area contributed by atoms with Crippen LogP contribution in [0.1, 0.15) is 18.0 Å². The molecule has 0 unspecified atom stereocenters. The van der Waals surface area contributed by atoms with Crippen molar-refractivity contribution in [1.29, 1.82) is 0 Å². The van der Waals surface area contributed by atoms with E-state index in [0.29, 0.717) is 12.0 Å². The summed E-state index contributed by atoms with van der Waals surface area (Å²) in [6.07, 6.45) is 0.364. The lowest BCUT2D eigenvalue weighted by Gasteiger charge is -2.09. The van der Waals surface area contributed by atoms with Crippen LogP contribution in [0.2, 0.25) is 0 Å². The monoisotopic (exact) mass is 184 g/mol. The summed E-state index contributed by atoms with van der Waals surface area (Å²) in [5.74, 6) is -0.212. The van der Waals surface area contributed by atoms with Gasteiger partial charge in [0.2, 0.25) is 0 Å². The van der Waals surface area contributed by atoms with Crippen molar-refractivity contribution in [2.75, 3.05) is 6.61 Å². The van der Waals surface area contributed by atoms with Gasteiger partial charge in [-0.1, -0.05) is 0 Å². The van der Waals surface area contributed by atoms with E-state index in [4.69, 9.17) is 15.9 Å². The van der Waals surface area contributed by atoms with Crippen molar-refractivity contribution in [1.82, 2.24) is 4.98 Å². The molecule has 0 radical (unpaired) electrons. The molecule has 5 nitrogen and oxygen atoms in total. The third kappa shape index (κ3) is 2.57. The molecule has 1 atom stereocenters. The molecule has 0 aromatic carbocycles. The standard InChI is InChI=1S/C8H12N2O3/c9-6(1-2-11)5-3-7(12)10-8(13)4-5/h3-4,6,11H,1-2,9H2,(H2,10,12,13)/t6-/m1/s1. The Balaban J connectivity index is 2.94. The fraction of sp³-hybridized carbons (Fsp3) is 0.375. The molecule has 0 amide bonds. The van der Waals surface area contributed by atoms with Crippen LogP contribution in [0.5, 0.6) is 5.88 Å². The highest BCUT2D eigenvalue weighted by Crippen LogP contribution is 2.14. The number of nitrogens with one attached hydrogen (secondary N) is 1. The molecule has 72 valence electrons. The Kier molecular flexibility index (Phi) is 3.05. The lowest BCUT2D eigenvalue weighted by Crippen LogP contribution is -2.15. The number of hydrogen-bond acceptors (Lipinski definition) is 4. The summed E-state index contributed by atoms with van der Waals surface area (Å²) in [5.41, 5.74) is 5.74. The molecule has 1 aromatic rings. The van der Waals surface area contributed by atoms with Gasteiger partial charge in [-0.25, -0.2) is 0 Å². The summed E-state index contributed by atoms with van der Waals surface area (Å²) in [6.45, 7) is -0.0469. The molecule has 0 spiro atoms. The first-order chi connectivity index (χ1) is 6.13. The summed E-state index contributed by atoms with van der Waals surface area (Å²) in [6, 6.07) is 2.26. The van der Waals surface area contributed by atoms with Gasteiger partial charge < -0.3 is 15.9 Å². The van der Waals surface area contributed by atoms with Gasteiger partial charge in [-0.05, 0) is 12.0 Å². The normalized spacial score (nSPS) is 12.8. The summed E-state index contributed by atoms with van der Waals surface area (Å²) < 4.78 is 0. The van der Waals surface area contributed by atoms with E-state index < -0.39 is 11.6 Å². The number of aromatic nitrogens is 1. The van der Waals surface area contributed by atoms with Gasteiger partial charge in [-0.2, -0.15) is 0 Å². The maximum Gasteiger partial charge on any atom is 0.250 e. The number of aliphatic hydroxyl groups excluding tert-OH is 1. The highest BCUT2D eigenvalue weighted by atomic mass is 16.3. The van der Waals surface area contributed by atoms with Crippen LogP contribution >= 0.6 is 0 Å². The van der Waals surface area contributed by atoms with Crippen molar-refractivity contribution < 1.29 is 10.2 Å². The fourth-order valence-corrected chi connectivity index (χ4v) is 1.07. The summed E-state index contributed by atoms with van der Waals surface area (Å²) in [7, 11) is 0. The molecule has 0 aliphatic carbocycles. The van der Waals surface area contributed by atoms with Crippen LogP contribution in [0.25, 0.3) is 0 Å². The third-order valence-corrected chi connectivity index (χ3v) is 1.72. The highest BCUT2D eigenvalue weighted by Gasteiger charge is 2.06. The van der Waals surface area contributed by atoms with Crippen LogP contribution in [0.15, 0.2) is 16.9 Å². The second kappa shape index (κ2) is 4.06. The molecule has 5 N–H and O–H groups in total. The van der Waals surface area contributed by atoms with E-state index in [0.717, 1.165) is 0 Å². The Labute approximate surface area is 74.8 Å². The van der Waals surface area contributed by atoms with E-state index in [1.807, 2.05) is 0 Å². The number of nitrogens with two attached hydrogens (primary N) is 1. The van der Waals surface area contributed by atoms with E-state index >= 15 is 0 Å². The average Bonchev–Trinajstić information content (AvgIpc) is 2.03. The van der Waals surface area contributed by atoms with Gasteiger partial charge in [0.05, 0.1) is 0 Å². The molecule has 0 aliphatic heterocycles. The Hall–Kier alpha value is -1.33. The van der Waals surface area contributed by atoms with Crippen molar-refractivity contribution in [2.24, 2.45) is 5.73 Å². The number of aliphatic hydroxyl groups is 1. The first-order valence-electron chi connectivity index (χ1n) is 3.93. The smallest absolute Gasteiger partial charge is 0.250 e. The number of hydrogen-bond donors (Lipinski definition) is 4. The molecule has 0 bridgehead atoms.